The van der Waals surface area contributed by atoms with Gasteiger partial charge in [-0.05, 0) is 38.3 Å². The average molecular weight is 529 g/mol. The van der Waals surface area contributed by atoms with Gasteiger partial charge in [-0.3, -0.25) is 4.21 Å². The monoisotopic (exact) mass is 529 g/mol. The largest absolute Gasteiger partial charge is 0.492 e. The highest BCUT2D eigenvalue weighted by molar-refractivity contribution is 14.0. The number of halogens is 3. The minimum absolute atomic E-state index is 0. The summed E-state index contributed by atoms with van der Waals surface area (Å²) in [6, 6.07) is 3.71. The zero-order valence-electron chi connectivity index (χ0n) is 16.4. The SMILES string of the molecule is CCNC(=NCCOc1ccc(F)c(F)c1)NC1CCCC(S(=O)CC)C1.I. The summed E-state index contributed by atoms with van der Waals surface area (Å²) in [4.78, 5) is 4.48. The van der Waals surface area contributed by atoms with Gasteiger partial charge in [0.05, 0.1) is 6.54 Å². The number of rotatable bonds is 8. The molecule has 1 aromatic carbocycles. The van der Waals surface area contributed by atoms with E-state index in [1.165, 1.54) is 6.07 Å². The highest BCUT2D eigenvalue weighted by atomic mass is 127. The van der Waals surface area contributed by atoms with E-state index in [-0.39, 0.29) is 47.6 Å². The van der Waals surface area contributed by atoms with E-state index < -0.39 is 22.4 Å². The summed E-state index contributed by atoms with van der Waals surface area (Å²) in [7, 11) is -0.762. The van der Waals surface area contributed by atoms with Crippen LogP contribution in [-0.2, 0) is 10.8 Å². The highest BCUT2D eigenvalue weighted by Crippen LogP contribution is 2.23. The van der Waals surface area contributed by atoms with Crippen LogP contribution in [0.2, 0.25) is 0 Å². The Morgan fingerprint density at radius 1 is 1.29 bits per heavy atom. The minimum Gasteiger partial charge on any atom is -0.492 e. The van der Waals surface area contributed by atoms with Crippen LogP contribution in [0.3, 0.4) is 0 Å². The van der Waals surface area contributed by atoms with Crippen LogP contribution in [-0.4, -0.2) is 46.9 Å². The molecule has 0 radical (unpaired) electrons. The predicted octanol–water partition coefficient (Wildman–Crippen LogP) is 3.60. The van der Waals surface area contributed by atoms with Crippen molar-refractivity contribution in [2.24, 2.45) is 4.99 Å². The van der Waals surface area contributed by atoms with Gasteiger partial charge in [0, 0.05) is 40.5 Å². The molecule has 0 aliphatic heterocycles. The lowest BCUT2D eigenvalue weighted by Gasteiger charge is -2.30. The molecule has 1 saturated carbocycles. The molecule has 1 fully saturated rings. The summed E-state index contributed by atoms with van der Waals surface area (Å²) in [5, 5.41) is 6.87. The van der Waals surface area contributed by atoms with Gasteiger partial charge in [-0.2, -0.15) is 0 Å². The van der Waals surface area contributed by atoms with Crippen molar-refractivity contribution in [3.05, 3.63) is 29.8 Å². The Morgan fingerprint density at radius 3 is 2.75 bits per heavy atom. The first-order chi connectivity index (χ1) is 13.0. The molecule has 160 valence electrons. The first kappa shape index (κ1) is 25.1. The van der Waals surface area contributed by atoms with Crippen LogP contribution < -0.4 is 15.4 Å². The van der Waals surface area contributed by atoms with Crippen LogP contribution >= 0.6 is 24.0 Å². The van der Waals surface area contributed by atoms with E-state index in [1.54, 1.807) is 0 Å². The van der Waals surface area contributed by atoms with Crippen LogP contribution in [0.1, 0.15) is 39.5 Å². The molecule has 28 heavy (non-hydrogen) atoms. The van der Waals surface area contributed by atoms with Gasteiger partial charge in [0.25, 0.3) is 0 Å². The predicted molar refractivity (Wildman–Crippen MR) is 121 cm³/mol. The highest BCUT2D eigenvalue weighted by Gasteiger charge is 2.25. The lowest BCUT2D eigenvalue weighted by molar-refractivity contribution is 0.324. The number of hydrogen-bond donors (Lipinski definition) is 2. The molecule has 0 amide bonds. The number of nitrogens with one attached hydrogen (secondary N) is 2. The van der Waals surface area contributed by atoms with E-state index in [1.807, 2.05) is 13.8 Å². The normalized spacial score (nSPS) is 20.8. The Bertz CT molecular complexity index is 664. The van der Waals surface area contributed by atoms with E-state index in [9.17, 15) is 13.0 Å². The molecule has 0 heterocycles. The summed E-state index contributed by atoms with van der Waals surface area (Å²) in [6.07, 6.45) is 4.00. The summed E-state index contributed by atoms with van der Waals surface area (Å²) >= 11 is 0. The zero-order chi connectivity index (χ0) is 19.6. The quantitative estimate of drug-likeness (QED) is 0.234. The number of nitrogens with zero attached hydrogens (tertiary/aromatic N) is 1. The first-order valence-corrected chi connectivity index (χ1v) is 10.9. The van der Waals surface area contributed by atoms with Crippen molar-refractivity contribution < 1.29 is 17.7 Å². The minimum atomic E-state index is -0.928. The Labute approximate surface area is 185 Å². The molecular formula is C19H30F2IN3O2S. The molecule has 1 aromatic rings. The number of aliphatic imine (C=N–C) groups is 1. The van der Waals surface area contributed by atoms with Gasteiger partial charge < -0.3 is 15.4 Å². The summed E-state index contributed by atoms with van der Waals surface area (Å²) < 4.78 is 43.6. The van der Waals surface area contributed by atoms with Gasteiger partial charge in [0.1, 0.15) is 12.4 Å². The lowest BCUT2D eigenvalue weighted by atomic mass is 9.95. The van der Waals surface area contributed by atoms with Gasteiger partial charge in [-0.1, -0.05) is 13.3 Å². The van der Waals surface area contributed by atoms with E-state index in [2.05, 4.69) is 15.6 Å². The molecule has 5 nitrogen and oxygen atoms in total. The molecular weight excluding hydrogens is 499 g/mol. The van der Waals surface area contributed by atoms with Crippen molar-refractivity contribution in [1.29, 1.82) is 0 Å². The van der Waals surface area contributed by atoms with Gasteiger partial charge in [0.15, 0.2) is 17.6 Å². The van der Waals surface area contributed by atoms with Crippen LogP contribution in [0.15, 0.2) is 23.2 Å². The third-order valence-electron chi connectivity index (χ3n) is 4.49. The van der Waals surface area contributed by atoms with E-state index >= 15 is 0 Å². The van der Waals surface area contributed by atoms with Crippen molar-refractivity contribution in [1.82, 2.24) is 10.6 Å². The maximum atomic E-state index is 13.2. The third kappa shape index (κ3) is 8.18. The maximum Gasteiger partial charge on any atom is 0.191 e. The second-order valence-electron chi connectivity index (χ2n) is 6.48. The van der Waals surface area contributed by atoms with E-state index in [0.717, 1.165) is 44.4 Å². The average Bonchev–Trinajstić information content (AvgIpc) is 2.67. The topological polar surface area (TPSA) is 62.7 Å². The Hall–Kier alpha value is -0.970. The summed E-state index contributed by atoms with van der Waals surface area (Å²) in [6.45, 7) is 5.32. The van der Waals surface area contributed by atoms with Crippen molar-refractivity contribution in [2.45, 2.75) is 50.8 Å². The number of guanidine groups is 1. The van der Waals surface area contributed by atoms with Crippen LogP contribution in [0, 0.1) is 11.6 Å². The molecule has 0 bridgehead atoms. The summed E-state index contributed by atoms with van der Waals surface area (Å²) in [5.41, 5.74) is 0. The molecule has 0 spiro atoms. The second-order valence-corrected chi connectivity index (χ2v) is 8.49. The van der Waals surface area contributed by atoms with Crippen molar-refractivity contribution in [3.63, 3.8) is 0 Å². The van der Waals surface area contributed by atoms with Crippen molar-refractivity contribution in [2.75, 3.05) is 25.4 Å². The van der Waals surface area contributed by atoms with Crippen molar-refractivity contribution in [3.8, 4) is 5.75 Å². The Kier molecular flexibility index (Phi) is 11.9. The summed E-state index contributed by atoms with van der Waals surface area (Å²) in [5.74, 6) is -0.151. The van der Waals surface area contributed by atoms with E-state index in [4.69, 9.17) is 4.74 Å². The molecule has 1 aliphatic carbocycles. The second kappa shape index (κ2) is 13.3. The zero-order valence-corrected chi connectivity index (χ0v) is 19.5. The van der Waals surface area contributed by atoms with Gasteiger partial charge >= 0.3 is 0 Å². The molecule has 9 heteroatoms. The standard InChI is InChI=1S/C19H29F2N3O2S.HI/c1-3-22-19(24-14-6-5-7-16(12-14)27(25)4-2)23-10-11-26-15-8-9-17(20)18(21)13-15;/h8-9,13-14,16H,3-7,10-12H2,1-2H3,(H2,22,23,24);1H. The fourth-order valence-corrected chi connectivity index (χ4v) is 4.50. The first-order valence-electron chi connectivity index (χ1n) is 9.53. The number of ether oxygens (including phenoxy) is 1. The van der Waals surface area contributed by atoms with Crippen LogP contribution in [0.5, 0.6) is 5.75 Å². The van der Waals surface area contributed by atoms with Crippen molar-refractivity contribution >= 4 is 40.7 Å². The molecule has 2 rings (SSSR count). The van der Waals surface area contributed by atoms with Gasteiger partial charge in [0.2, 0.25) is 0 Å². The fourth-order valence-electron chi connectivity index (χ4n) is 3.15. The molecule has 0 saturated heterocycles. The smallest absolute Gasteiger partial charge is 0.191 e. The molecule has 3 unspecified atom stereocenters. The molecule has 0 aromatic heterocycles. The maximum absolute atomic E-state index is 13.2. The Balaban J connectivity index is 0.00000392. The Morgan fingerprint density at radius 2 is 2.07 bits per heavy atom. The molecule has 3 atom stereocenters. The lowest BCUT2D eigenvalue weighted by Crippen LogP contribution is -2.46. The molecule has 2 N–H and O–H groups in total. The number of hydrogen-bond acceptors (Lipinski definition) is 3. The fraction of sp³-hybridized carbons (Fsp3) is 0.632. The van der Waals surface area contributed by atoms with Crippen LogP contribution in [0.4, 0.5) is 8.78 Å². The van der Waals surface area contributed by atoms with Gasteiger partial charge in [-0.25, -0.2) is 13.8 Å². The number of benzene rings is 1. The van der Waals surface area contributed by atoms with Gasteiger partial charge in [-0.15, -0.1) is 24.0 Å². The molecule has 1 aliphatic rings. The third-order valence-corrected chi connectivity index (χ3v) is 6.23. The van der Waals surface area contributed by atoms with E-state index in [0.29, 0.717) is 18.3 Å². The van der Waals surface area contributed by atoms with Crippen LogP contribution in [0.25, 0.3) is 0 Å².